The van der Waals surface area contributed by atoms with Gasteiger partial charge in [-0.25, -0.2) is 14.5 Å². The van der Waals surface area contributed by atoms with E-state index in [4.69, 9.17) is 4.74 Å². The number of fused-ring (bicyclic) bond motifs is 1. The van der Waals surface area contributed by atoms with Crippen LogP contribution in [0.3, 0.4) is 0 Å². The van der Waals surface area contributed by atoms with E-state index in [-0.39, 0.29) is 17.2 Å². The smallest absolute Gasteiger partial charge is 0.359 e. The second kappa shape index (κ2) is 9.42. The first-order valence-electron chi connectivity index (χ1n) is 9.44. The molecule has 3 rings (SSSR count). The number of unbranched alkanes of at least 4 members (excludes halogenated alkanes) is 1. The molecular weight excluding hydrogens is 392 g/mol. The number of para-hydroxylation sites is 1. The van der Waals surface area contributed by atoms with Crippen LogP contribution < -0.4 is 10.5 Å². The minimum absolute atomic E-state index is 0.00320. The molecule has 0 saturated heterocycles. The minimum atomic E-state index is -0.746. The van der Waals surface area contributed by atoms with Gasteiger partial charge in [-0.2, -0.15) is 5.10 Å². The molecule has 29 heavy (non-hydrogen) atoms. The van der Waals surface area contributed by atoms with Crippen molar-refractivity contribution in [2.24, 2.45) is 0 Å². The second-order valence-corrected chi connectivity index (χ2v) is 7.32. The fraction of sp³-hybridized carbons (Fsp3) is 0.350. The molecule has 0 N–H and O–H groups in total. The van der Waals surface area contributed by atoms with Gasteiger partial charge >= 0.3 is 5.97 Å². The molecular formula is C20H22N4O4S. The molecule has 8 nitrogen and oxygen atoms in total. The number of anilines is 1. The molecule has 2 aromatic heterocycles. The second-order valence-electron chi connectivity index (χ2n) is 6.31. The minimum Gasteiger partial charge on any atom is -0.451 e. The molecule has 0 atom stereocenters. The van der Waals surface area contributed by atoms with Gasteiger partial charge in [0.25, 0.3) is 11.5 Å². The van der Waals surface area contributed by atoms with Crippen LogP contribution in [0.2, 0.25) is 0 Å². The van der Waals surface area contributed by atoms with E-state index in [1.54, 1.807) is 0 Å². The summed E-state index contributed by atoms with van der Waals surface area (Å²) in [6.07, 6.45) is 1.67. The Morgan fingerprint density at radius 3 is 2.69 bits per heavy atom. The van der Waals surface area contributed by atoms with Crippen molar-refractivity contribution in [3.8, 4) is 0 Å². The largest absolute Gasteiger partial charge is 0.451 e. The van der Waals surface area contributed by atoms with Crippen molar-refractivity contribution in [3.05, 3.63) is 52.4 Å². The number of amides is 1. The molecule has 9 heteroatoms. The number of carbonyl (C=O) groups is 2. The van der Waals surface area contributed by atoms with Crippen molar-refractivity contribution in [2.75, 3.05) is 18.1 Å². The van der Waals surface area contributed by atoms with Crippen molar-refractivity contribution in [1.82, 2.24) is 14.8 Å². The van der Waals surface area contributed by atoms with Crippen molar-refractivity contribution in [2.45, 2.75) is 33.2 Å². The molecule has 0 aliphatic carbocycles. The first kappa shape index (κ1) is 20.7. The first-order valence-corrected chi connectivity index (χ1v) is 10.3. The number of esters is 1. The van der Waals surface area contributed by atoms with E-state index >= 15 is 0 Å². The van der Waals surface area contributed by atoms with Crippen LogP contribution in [-0.4, -0.2) is 39.8 Å². The van der Waals surface area contributed by atoms with E-state index in [0.29, 0.717) is 18.2 Å². The Morgan fingerprint density at radius 1 is 1.17 bits per heavy atom. The monoisotopic (exact) mass is 414 g/mol. The number of nitrogens with zero attached hydrogens (tertiary/aromatic N) is 4. The van der Waals surface area contributed by atoms with Gasteiger partial charge in [-0.15, -0.1) is 0 Å². The highest BCUT2D eigenvalue weighted by molar-refractivity contribution is 7.22. The lowest BCUT2D eigenvalue weighted by molar-refractivity contribution is -0.121. The van der Waals surface area contributed by atoms with E-state index < -0.39 is 12.6 Å². The maximum atomic E-state index is 12.6. The molecule has 0 bridgehead atoms. The van der Waals surface area contributed by atoms with E-state index in [9.17, 15) is 14.4 Å². The van der Waals surface area contributed by atoms with Crippen LogP contribution >= 0.6 is 11.3 Å². The van der Waals surface area contributed by atoms with Gasteiger partial charge < -0.3 is 4.74 Å². The van der Waals surface area contributed by atoms with Gasteiger partial charge in [-0.05, 0) is 31.5 Å². The lowest BCUT2D eigenvalue weighted by Crippen LogP contribution is -2.34. The lowest BCUT2D eigenvalue weighted by Gasteiger charge is -2.17. The molecule has 0 spiro atoms. The van der Waals surface area contributed by atoms with Gasteiger partial charge in [0.05, 0.1) is 10.2 Å². The summed E-state index contributed by atoms with van der Waals surface area (Å²) < 4.78 is 7.35. The molecule has 0 radical (unpaired) electrons. The first-order chi connectivity index (χ1) is 14.0. The summed E-state index contributed by atoms with van der Waals surface area (Å²) >= 11 is 1.40. The molecule has 3 aromatic rings. The lowest BCUT2D eigenvalue weighted by atomic mass is 10.3. The molecule has 0 fully saturated rings. The van der Waals surface area contributed by atoms with Crippen molar-refractivity contribution in [3.63, 3.8) is 0 Å². The van der Waals surface area contributed by atoms with Crippen LogP contribution in [0.4, 0.5) is 5.13 Å². The summed E-state index contributed by atoms with van der Waals surface area (Å²) in [6, 6.07) is 10.2. The number of hydrogen-bond donors (Lipinski definition) is 0. The summed E-state index contributed by atoms with van der Waals surface area (Å²) in [4.78, 5) is 42.6. The number of benzene rings is 1. The third-order valence-corrected chi connectivity index (χ3v) is 5.32. The number of rotatable bonds is 8. The molecule has 0 aliphatic rings. The number of ether oxygens (including phenoxy) is 1. The van der Waals surface area contributed by atoms with Crippen LogP contribution in [-0.2, 0) is 16.1 Å². The van der Waals surface area contributed by atoms with Gasteiger partial charge in [0.2, 0.25) is 0 Å². The van der Waals surface area contributed by atoms with Crippen LogP contribution in [0, 0.1) is 0 Å². The summed E-state index contributed by atoms with van der Waals surface area (Å²) in [5, 5.41) is 4.59. The maximum absolute atomic E-state index is 12.6. The Hall–Kier alpha value is -3.07. The number of hydrogen-bond acceptors (Lipinski definition) is 7. The zero-order chi connectivity index (χ0) is 20.8. The summed E-state index contributed by atoms with van der Waals surface area (Å²) in [7, 11) is 0. The Morgan fingerprint density at radius 2 is 1.97 bits per heavy atom. The van der Waals surface area contributed by atoms with Gasteiger partial charge in [0, 0.05) is 19.2 Å². The number of likely N-dealkylation sites (N-methyl/N-ethyl adjacent to an activating group) is 1. The number of aromatic nitrogens is 3. The molecule has 152 valence electrons. The number of aryl methyl sites for hydroxylation is 1. The Balaban J connectivity index is 1.67. The summed E-state index contributed by atoms with van der Waals surface area (Å²) in [5.74, 6) is -1.12. The van der Waals surface area contributed by atoms with Gasteiger partial charge in [0.1, 0.15) is 0 Å². The van der Waals surface area contributed by atoms with Crippen molar-refractivity contribution >= 4 is 38.6 Å². The van der Waals surface area contributed by atoms with E-state index in [1.165, 1.54) is 33.1 Å². The summed E-state index contributed by atoms with van der Waals surface area (Å²) in [5.41, 5.74) is 0.532. The zero-order valence-corrected chi connectivity index (χ0v) is 17.1. The van der Waals surface area contributed by atoms with Gasteiger partial charge in [-0.3, -0.25) is 14.5 Å². The predicted octanol–water partition coefficient (Wildman–Crippen LogP) is 2.86. The SMILES string of the molecule is CCCCn1nc(C(=O)OCC(=O)N(CC)c2nc3ccccc3s2)ccc1=O. The van der Waals surface area contributed by atoms with Crippen LogP contribution in [0.5, 0.6) is 0 Å². The average molecular weight is 414 g/mol. The third-order valence-electron chi connectivity index (χ3n) is 4.26. The molecule has 1 aromatic carbocycles. The highest BCUT2D eigenvalue weighted by Crippen LogP contribution is 2.28. The topological polar surface area (TPSA) is 94.4 Å². The van der Waals surface area contributed by atoms with Crippen LogP contribution in [0.1, 0.15) is 37.2 Å². The molecule has 0 saturated carbocycles. The fourth-order valence-corrected chi connectivity index (χ4v) is 3.75. The Labute approximate surface area is 171 Å². The van der Waals surface area contributed by atoms with Crippen LogP contribution in [0.25, 0.3) is 10.2 Å². The van der Waals surface area contributed by atoms with Crippen molar-refractivity contribution < 1.29 is 14.3 Å². The van der Waals surface area contributed by atoms with Gasteiger partial charge in [0.15, 0.2) is 17.4 Å². The van der Waals surface area contributed by atoms with E-state index in [2.05, 4.69) is 10.1 Å². The van der Waals surface area contributed by atoms with E-state index in [1.807, 2.05) is 38.1 Å². The highest BCUT2D eigenvalue weighted by atomic mass is 32.1. The molecule has 0 aliphatic heterocycles. The molecule has 2 heterocycles. The quantitative estimate of drug-likeness (QED) is 0.526. The van der Waals surface area contributed by atoms with Gasteiger partial charge in [-0.1, -0.05) is 36.8 Å². The Kier molecular flexibility index (Phi) is 6.71. The van der Waals surface area contributed by atoms with Crippen molar-refractivity contribution in [1.29, 1.82) is 0 Å². The molecule has 0 unspecified atom stereocenters. The standard InChI is InChI=1S/C20H22N4O4S/c1-3-5-12-24-17(25)11-10-15(22-24)19(27)28-13-18(26)23(4-2)20-21-14-8-6-7-9-16(14)29-20/h6-11H,3-5,12-13H2,1-2H3. The van der Waals surface area contributed by atoms with E-state index in [0.717, 1.165) is 23.1 Å². The molecule has 1 amide bonds. The fourth-order valence-electron chi connectivity index (χ4n) is 2.70. The summed E-state index contributed by atoms with van der Waals surface area (Å²) in [6.45, 7) is 4.22. The number of carbonyl (C=O) groups excluding carboxylic acids is 2. The maximum Gasteiger partial charge on any atom is 0.359 e. The zero-order valence-electron chi connectivity index (χ0n) is 16.3. The average Bonchev–Trinajstić information content (AvgIpc) is 3.15. The highest BCUT2D eigenvalue weighted by Gasteiger charge is 2.20. The third kappa shape index (κ3) is 4.86. The predicted molar refractivity (Wildman–Crippen MR) is 111 cm³/mol. The van der Waals surface area contributed by atoms with Crippen LogP contribution in [0.15, 0.2) is 41.2 Å². The number of thiazole rings is 1. The Bertz CT molecular complexity index is 1040. The normalized spacial score (nSPS) is 10.8.